The number of para-hydroxylation sites is 2. The Morgan fingerprint density at radius 1 is 1.00 bits per heavy atom. The molecule has 0 saturated carbocycles. The Bertz CT molecular complexity index is 952. The SMILES string of the molecule is Nc1ccc(-c2nc3n(CCO)c4ccccc4n3n2)cc1. The molecule has 22 heavy (non-hydrogen) atoms. The molecule has 4 rings (SSSR count). The first-order valence-electron chi connectivity index (χ1n) is 7.09. The Morgan fingerprint density at radius 2 is 1.73 bits per heavy atom. The zero-order valence-corrected chi connectivity index (χ0v) is 11.8. The second-order valence-corrected chi connectivity index (χ2v) is 5.13. The average molecular weight is 293 g/mol. The van der Waals surface area contributed by atoms with Gasteiger partial charge in [-0.25, -0.2) is 0 Å². The number of nitrogens with two attached hydrogens (primary N) is 1. The van der Waals surface area contributed by atoms with Gasteiger partial charge in [-0.1, -0.05) is 12.1 Å². The summed E-state index contributed by atoms with van der Waals surface area (Å²) in [6.07, 6.45) is 0. The molecule has 0 bridgehead atoms. The van der Waals surface area contributed by atoms with Crippen molar-refractivity contribution in [3.05, 3.63) is 48.5 Å². The van der Waals surface area contributed by atoms with Crippen LogP contribution >= 0.6 is 0 Å². The molecule has 2 aromatic carbocycles. The van der Waals surface area contributed by atoms with Crippen LogP contribution in [0.4, 0.5) is 5.69 Å². The third-order valence-corrected chi connectivity index (χ3v) is 3.72. The Labute approximate surface area is 126 Å². The van der Waals surface area contributed by atoms with E-state index >= 15 is 0 Å². The molecule has 4 aromatic rings. The normalized spacial score (nSPS) is 11.5. The number of aliphatic hydroxyl groups is 1. The predicted molar refractivity (Wildman–Crippen MR) is 85.4 cm³/mol. The third-order valence-electron chi connectivity index (χ3n) is 3.72. The summed E-state index contributed by atoms with van der Waals surface area (Å²) in [5.74, 6) is 1.37. The summed E-state index contributed by atoms with van der Waals surface area (Å²) in [4.78, 5) is 4.63. The van der Waals surface area contributed by atoms with Gasteiger partial charge in [-0.3, -0.25) is 0 Å². The van der Waals surface area contributed by atoms with Gasteiger partial charge in [-0.15, -0.1) is 5.10 Å². The molecule has 3 N–H and O–H groups in total. The van der Waals surface area contributed by atoms with E-state index in [1.807, 2.05) is 57.6 Å². The lowest BCUT2D eigenvalue weighted by Crippen LogP contribution is -2.02. The first-order valence-corrected chi connectivity index (χ1v) is 7.09. The summed E-state index contributed by atoms with van der Waals surface area (Å²) >= 11 is 0. The number of hydrogen-bond donors (Lipinski definition) is 2. The summed E-state index contributed by atoms with van der Waals surface area (Å²) in [7, 11) is 0. The van der Waals surface area contributed by atoms with Gasteiger partial charge in [-0.2, -0.15) is 9.50 Å². The number of rotatable bonds is 3. The monoisotopic (exact) mass is 293 g/mol. The first-order chi connectivity index (χ1) is 10.8. The molecule has 0 aliphatic rings. The summed E-state index contributed by atoms with van der Waals surface area (Å²) < 4.78 is 3.79. The molecule has 110 valence electrons. The average Bonchev–Trinajstić information content (AvgIpc) is 3.08. The van der Waals surface area contributed by atoms with Crippen LogP contribution in [0.1, 0.15) is 0 Å². The van der Waals surface area contributed by atoms with Gasteiger partial charge in [0.1, 0.15) is 0 Å². The fourth-order valence-electron chi connectivity index (χ4n) is 2.69. The van der Waals surface area contributed by atoms with Crippen LogP contribution in [0.3, 0.4) is 0 Å². The van der Waals surface area contributed by atoms with E-state index in [1.165, 1.54) is 0 Å². The maximum atomic E-state index is 9.32. The van der Waals surface area contributed by atoms with Crippen molar-refractivity contribution >= 4 is 22.5 Å². The Balaban J connectivity index is 1.97. The summed E-state index contributed by atoms with van der Waals surface area (Å²) in [5.41, 5.74) is 9.33. The first kappa shape index (κ1) is 12.8. The van der Waals surface area contributed by atoms with E-state index in [9.17, 15) is 5.11 Å². The van der Waals surface area contributed by atoms with E-state index in [1.54, 1.807) is 0 Å². The van der Waals surface area contributed by atoms with Crippen LogP contribution in [0.25, 0.3) is 28.2 Å². The number of aromatic nitrogens is 4. The van der Waals surface area contributed by atoms with Gasteiger partial charge < -0.3 is 15.4 Å². The van der Waals surface area contributed by atoms with Crippen LogP contribution in [-0.2, 0) is 6.54 Å². The highest BCUT2D eigenvalue weighted by Gasteiger charge is 2.15. The highest BCUT2D eigenvalue weighted by Crippen LogP contribution is 2.23. The highest BCUT2D eigenvalue weighted by molar-refractivity contribution is 5.81. The number of imidazole rings is 1. The van der Waals surface area contributed by atoms with Crippen molar-refractivity contribution in [1.82, 2.24) is 19.2 Å². The van der Waals surface area contributed by atoms with E-state index in [4.69, 9.17) is 5.73 Å². The van der Waals surface area contributed by atoms with Crippen LogP contribution in [0.2, 0.25) is 0 Å². The molecule has 6 heteroatoms. The van der Waals surface area contributed by atoms with Crippen molar-refractivity contribution in [3.8, 4) is 11.4 Å². The highest BCUT2D eigenvalue weighted by atomic mass is 16.3. The predicted octanol–water partition coefficient (Wildman–Crippen LogP) is 1.93. The maximum absolute atomic E-state index is 9.32. The Kier molecular flexibility index (Phi) is 2.83. The molecule has 2 heterocycles. The summed E-state index contributed by atoms with van der Waals surface area (Å²) in [6.45, 7) is 0.537. The molecule has 0 atom stereocenters. The molecule has 0 aliphatic heterocycles. The Morgan fingerprint density at radius 3 is 2.45 bits per heavy atom. The van der Waals surface area contributed by atoms with Gasteiger partial charge in [0.2, 0.25) is 5.78 Å². The lowest BCUT2D eigenvalue weighted by atomic mass is 10.2. The van der Waals surface area contributed by atoms with Gasteiger partial charge in [0.15, 0.2) is 5.82 Å². The summed E-state index contributed by atoms with van der Waals surface area (Å²) in [5, 5.41) is 13.9. The van der Waals surface area contributed by atoms with E-state index in [0.29, 0.717) is 18.1 Å². The van der Waals surface area contributed by atoms with Crippen molar-refractivity contribution in [1.29, 1.82) is 0 Å². The number of nitrogen functional groups attached to an aromatic ring is 1. The van der Waals surface area contributed by atoms with E-state index in [2.05, 4.69) is 10.1 Å². The van der Waals surface area contributed by atoms with Crippen molar-refractivity contribution < 1.29 is 5.11 Å². The fourth-order valence-corrected chi connectivity index (χ4v) is 2.69. The van der Waals surface area contributed by atoms with Crippen molar-refractivity contribution in [2.75, 3.05) is 12.3 Å². The number of nitrogens with zero attached hydrogens (tertiary/aromatic N) is 4. The smallest absolute Gasteiger partial charge is 0.234 e. The van der Waals surface area contributed by atoms with Crippen LogP contribution in [-0.4, -0.2) is 30.9 Å². The van der Waals surface area contributed by atoms with Crippen LogP contribution in [0.15, 0.2) is 48.5 Å². The molecule has 6 nitrogen and oxygen atoms in total. The molecule has 0 spiro atoms. The van der Waals surface area contributed by atoms with Crippen LogP contribution in [0.5, 0.6) is 0 Å². The second-order valence-electron chi connectivity index (χ2n) is 5.13. The number of hydrogen-bond acceptors (Lipinski definition) is 4. The van der Waals surface area contributed by atoms with Gasteiger partial charge in [0.25, 0.3) is 0 Å². The van der Waals surface area contributed by atoms with Crippen LogP contribution < -0.4 is 5.73 Å². The molecule has 0 saturated heterocycles. The van der Waals surface area contributed by atoms with Gasteiger partial charge in [0, 0.05) is 17.8 Å². The topological polar surface area (TPSA) is 81.4 Å². The van der Waals surface area contributed by atoms with Crippen molar-refractivity contribution in [2.24, 2.45) is 0 Å². The molecular weight excluding hydrogens is 278 g/mol. The van der Waals surface area contributed by atoms with E-state index in [0.717, 1.165) is 22.4 Å². The number of benzene rings is 2. The minimum atomic E-state index is 0.0540. The lowest BCUT2D eigenvalue weighted by molar-refractivity contribution is 0.279. The molecule has 0 radical (unpaired) electrons. The molecule has 0 amide bonds. The second kappa shape index (κ2) is 4.85. The van der Waals surface area contributed by atoms with Gasteiger partial charge >= 0.3 is 0 Å². The van der Waals surface area contributed by atoms with E-state index in [-0.39, 0.29) is 6.61 Å². The fraction of sp³-hybridized carbons (Fsp3) is 0.125. The largest absolute Gasteiger partial charge is 0.399 e. The zero-order chi connectivity index (χ0) is 15.1. The van der Waals surface area contributed by atoms with E-state index < -0.39 is 0 Å². The molecule has 0 fully saturated rings. The summed E-state index contributed by atoms with van der Waals surface area (Å²) in [6, 6.07) is 15.4. The quantitative estimate of drug-likeness (QED) is 0.565. The van der Waals surface area contributed by atoms with Gasteiger partial charge in [-0.05, 0) is 36.4 Å². The maximum Gasteiger partial charge on any atom is 0.234 e. The number of anilines is 1. The van der Waals surface area contributed by atoms with Crippen LogP contribution in [0, 0.1) is 0 Å². The minimum absolute atomic E-state index is 0.0540. The van der Waals surface area contributed by atoms with Crippen molar-refractivity contribution in [3.63, 3.8) is 0 Å². The molecule has 0 unspecified atom stereocenters. The molecular formula is C16H15N5O. The zero-order valence-electron chi connectivity index (χ0n) is 11.8. The lowest BCUT2D eigenvalue weighted by Gasteiger charge is -2.01. The standard InChI is InChI=1S/C16H15N5O/c17-12-7-5-11(6-8-12)15-18-16-20(9-10-22)13-3-1-2-4-14(13)21(16)19-15/h1-8,22H,9-10,17H2. The Hall–Kier alpha value is -2.86. The van der Waals surface area contributed by atoms with Gasteiger partial charge in [0.05, 0.1) is 17.6 Å². The number of fused-ring (bicyclic) bond motifs is 3. The molecule has 2 aromatic heterocycles. The molecule has 0 aliphatic carbocycles. The minimum Gasteiger partial charge on any atom is -0.399 e. The number of aliphatic hydroxyl groups excluding tert-OH is 1. The van der Waals surface area contributed by atoms with Crippen molar-refractivity contribution in [2.45, 2.75) is 6.54 Å². The third kappa shape index (κ3) is 1.85.